The van der Waals surface area contributed by atoms with Gasteiger partial charge in [0.15, 0.2) is 0 Å². The second kappa shape index (κ2) is 4.94. The highest BCUT2D eigenvalue weighted by molar-refractivity contribution is 5.94. The van der Waals surface area contributed by atoms with E-state index < -0.39 is 4.92 Å². The molecule has 0 aliphatic heterocycles. The second-order valence-electron chi connectivity index (χ2n) is 3.17. The fourth-order valence-electron chi connectivity index (χ4n) is 1.15. The molecule has 0 saturated heterocycles. The quantitative estimate of drug-likeness (QED) is 0.436. The standard InChI is InChI=1S/C11H10N2O3/c1-3-8-12(2)11(14)9-4-6-10(7-5-9)13(15)16/h1,4-7H,8H2,2H3. The maximum Gasteiger partial charge on any atom is 0.269 e. The molecular formula is C11H10N2O3. The molecule has 0 unspecified atom stereocenters. The zero-order chi connectivity index (χ0) is 12.1. The van der Waals surface area contributed by atoms with E-state index in [-0.39, 0.29) is 18.1 Å². The number of nitrogens with zero attached hydrogens (tertiary/aromatic N) is 2. The summed E-state index contributed by atoms with van der Waals surface area (Å²) in [6.07, 6.45) is 5.08. The summed E-state index contributed by atoms with van der Waals surface area (Å²) in [6.45, 7) is 0.204. The van der Waals surface area contributed by atoms with Gasteiger partial charge < -0.3 is 4.90 Å². The minimum Gasteiger partial charge on any atom is -0.331 e. The second-order valence-corrected chi connectivity index (χ2v) is 3.17. The van der Waals surface area contributed by atoms with Crippen LogP contribution in [0.4, 0.5) is 5.69 Å². The van der Waals surface area contributed by atoms with Crippen molar-refractivity contribution in [2.45, 2.75) is 0 Å². The van der Waals surface area contributed by atoms with E-state index in [4.69, 9.17) is 6.42 Å². The molecule has 0 aliphatic rings. The lowest BCUT2D eigenvalue weighted by Gasteiger charge is -2.13. The summed E-state index contributed by atoms with van der Waals surface area (Å²) in [4.78, 5) is 22.9. The number of rotatable bonds is 3. The first-order chi connectivity index (χ1) is 7.56. The van der Waals surface area contributed by atoms with Gasteiger partial charge in [-0.05, 0) is 12.1 Å². The Kier molecular flexibility index (Phi) is 3.62. The molecule has 0 radical (unpaired) electrons. The summed E-state index contributed by atoms with van der Waals surface area (Å²) in [5.74, 6) is 2.09. The maximum absolute atomic E-state index is 11.7. The van der Waals surface area contributed by atoms with Gasteiger partial charge in [-0.15, -0.1) is 6.42 Å². The molecule has 0 bridgehead atoms. The van der Waals surface area contributed by atoms with Crippen LogP contribution in [0.2, 0.25) is 0 Å². The van der Waals surface area contributed by atoms with Crippen LogP contribution >= 0.6 is 0 Å². The summed E-state index contributed by atoms with van der Waals surface area (Å²) >= 11 is 0. The number of nitro groups is 1. The fourth-order valence-corrected chi connectivity index (χ4v) is 1.15. The first-order valence-electron chi connectivity index (χ1n) is 4.49. The Morgan fingerprint density at radius 1 is 1.50 bits per heavy atom. The lowest BCUT2D eigenvalue weighted by Crippen LogP contribution is -2.26. The van der Waals surface area contributed by atoms with Crippen LogP contribution in [0, 0.1) is 22.5 Å². The Balaban J connectivity index is 2.86. The molecule has 5 nitrogen and oxygen atoms in total. The highest BCUT2D eigenvalue weighted by Crippen LogP contribution is 2.12. The van der Waals surface area contributed by atoms with Gasteiger partial charge in [0.25, 0.3) is 11.6 Å². The van der Waals surface area contributed by atoms with E-state index in [9.17, 15) is 14.9 Å². The number of carbonyl (C=O) groups excluding carboxylic acids is 1. The average molecular weight is 218 g/mol. The van der Waals surface area contributed by atoms with E-state index in [2.05, 4.69) is 5.92 Å². The van der Waals surface area contributed by atoms with Gasteiger partial charge >= 0.3 is 0 Å². The molecule has 0 fully saturated rings. The third kappa shape index (κ3) is 2.58. The minimum atomic E-state index is -0.514. The van der Waals surface area contributed by atoms with E-state index in [1.165, 1.54) is 29.2 Å². The number of nitro benzene ring substituents is 1. The molecule has 0 spiro atoms. The van der Waals surface area contributed by atoms with Crippen LogP contribution in [0.25, 0.3) is 0 Å². The molecule has 1 aromatic carbocycles. The van der Waals surface area contributed by atoms with Crippen LogP contribution in [0.5, 0.6) is 0 Å². The summed E-state index contributed by atoms with van der Waals surface area (Å²) in [7, 11) is 1.57. The number of terminal acetylenes is 1. The fraction of sp³-hybridized carbons (Fsp3) is 0.182. The summed E-state index contributed by atoms with van der Waals surface area (Å²) < 4.78 is 0. The minimum absolute atomic E-state index is 0.0452. The van der Waals surface area contributed by atoms with Crippen molar-refractivity contribution in [3.63, 3.8) is 0 Å². The van der Waals surface area contributed by atoms with Crippen LogP contribution in [-0.4, -0.2) is 29.3 Å². The van der Waals surface area contributed by atoms with E-state index in [1.807, 2.05) is 0 Å². The molecule has 82 valence electrons. The molecular weight excluding hydrogens is 208 g/mol. The van der Waals surface area contributed by atoms with Crippen molar-refractivity contribution in [3.05, 3.63) is 39.9 Å². The van der Waals surface area contributed by atoms with Gasteiger partial charge in [-0.3, -0.25) is 14.9 Å². The molecule has 5 heteroatoms. The molecule has 0 saturated carbocycles. The van der Waals surface area contributed by atoms with Crippen LogP contribution < -0.4 is 0 Å². The van der Waals surface area contributed by atoms with Gasteiger partial charge in [-0.2, -0.15) is 0 Å². The van der Waals surface area contributed by atoms with Crippen molar-refractivity contribution in [1.82, 2.24) is 4.90 Å². The number of benzene rings is 1. The number of non-ortho nitro benzene ring substituents is 1. The highest BCUT2D eigenvalue weighted by Gasteiger charge is 2.12. The van der Waals surface area contributed by atoms with E-state index >= 15 is 0 Å². The number of hydrogen-bond acceptors (Lipinski definition) is 3. The van der Waals surface area contributed by atoms with E-state index in [0.717, 1.165) is 0 Å². The van der Waals surface area contributed by atoms with Gasteiger partial charge in [-0.25, -0.2) is 0 Å². The van der Waals surface area contributed by atoms with Crippen LogP contribution in [0.15, 0.2) is 24.3 Å². The Labute approximate surface area is 92.8 Å². The first-order valence-corrected chi connectivity index (χ1v) is 4.49. The smallest absolute Gasteiger partial charge is 0.269 e. The van der Waals surface area contributed by atoms with Gasteiger partial charge in [0.1, 0.15) is 0 Å². The predicted octanol–water partition coefficient (Wildman–Crippen LogP) is 1.30. The van der Waals surface area contributed by atoms with Crippen molar-refractivity contribution in [2.24, 2.45) is 0 Å². The molecule has 1 amide bonds. The Hall–Kier alpha value is -2.35. The zero-order valence-electron chi connectivity index (χ0n) is 8.71. The van der Waals surface area contributed by atoms with Gasteiger partial charge in [0.2, 0.25) is 0 Å². The van der Waals surface area contributed by atoms with E-state index in [0.29, 0.717) is 5.56 Å². The van der Waals surface area contributed by atoms with Gasteiger partial charge in [0.05, 0.1) is 11.5 Å². The van der Waals surface area contributed by atoms with Gasteiger partial charge in [0, 0.05) is 24.7 Å². The first kappa shape index (κ1) is 11.7. The lowest BCUT2D eigenvalue weighted by molar-refractivity contribution is -0.384. The summed E-state index contributed by atoms with van der Waals surface area (Å²) in [6, 6.07) is 5.40. The van der Waals surface area contributed by atoms with Crippen molar-refractivity contribution >= 4 is 11.6 Å². The lowest BCUT2D eigenvalue weighted by atomic mass is 10.2. The molecule has 0 N–H and O–H groups in total. The molecule has 0 aliphatic carbocycles. The van der Waals surface area contributed by atoms with E-state index in [1.54, 1.807) is 7.05 Å². The zero-order valence-corrected chi connectivity index (χ0v) is 8.71. The molecule has 1 aromatic rings. The summed E-state index contributed by atoms with van der Waals surface area (Å²) in [5.41, 5.74) is 0.333. The van der Waals surface area contributed by atoms with Crippen molar-refractivity contribution in [1.29, 1.82) is 0 Å². The molecule has 0 heterocycles. The highest BCUT2D eigenvalue weighted by atomic mass is 16.6. The Morgan fingerprint density at radius 2 is 2.06 bits per heavy atom. The molecule has 16 heavy (non-hydrogen) atoms. The molecule has 0 atom stereocenters. The maximum atomic E-state index is 11.7. The summed E-state index contributed by atoms with van der Waals surface area (Å²) in [5, 5.41) is 10.4. The Morgan fingerprint density at radius 3 is 2.50 bits per heavy atom. The van der Waals surface area contributed by atoms with Crippen molar-refractivity contribution < 1.29 is 9.72 Å². The largest absolute Gasteiger partial charge is 0.331 e. The third-order valence-electron chi connectivity index (χ3n) is 2.00. The monoisotopic (exact) mass is 218 g/mol. The Bertz CT molecular complexity index is 445. The number of amides is 1. The number of carbonyl (C=O) groups is 1. The third-order valence-corrected chi connectivity index (χ3v) is 2.00. The number of hydrogen-bond donors (Lipinski definition) is 0. The van der Waals surface area contributed by atoms with Gasteiger partial charge in [-0.1, -0.05) is 5.92 Å². The molecule has 0 aromatic heterocycles. The topological polar surface area (TPSA) is 63.5 Å². The SMILES string of the molecule is C#CCN(C)C(=O)c1ccc([N+](=O)[O-])cc1. The van der Waals surface area contributed by atoms with Crippen molar-refractivity contribution in [2.75, 3.05) is 13.6 Å². The molecule has 1 rings (SSSR count). The van der Waals surface area contributed by atoms with Crippen molar-refractivity contribution in [3.8, 4) is 12.3 Å². The van der Waals surface area contributed by atoms with Crippen LogP contribution in [0.3, 0.4) is 0 Å². The predicted molar refractivity (Wildman–Crippen MR) is 58.9 cm³/mol. The van der Waals surface area contributed by atoms with Crippen LogP contribution in [-0.2, 0) is 0 Å². The van der Waals surface area contributed by atoms with Crippen LogP contribution in [0.1, 0.15) is 10.4 Å². The average Bonchev–Trinajstić information content (AvgIpc) is 2.28. The normalized spacial score (nSPS) is 9.25.